The molecule has 4 rings (SSSR count). The Morgan fingerprint density at radius 2 is 1.79 bits per heavy atom. The zero-order chi connectivity index (χ0) is 23.5. The highest BCUT2D eigenvalue weighted by atomic mass is 16.6. The van der Waals surface area contributed by atoms with Crippen molar-refractivity contribution in [1.82, 2.24) is 9.80 Å². The Labute approximate surface area is 193 Å². The number of nitrogens with zero attached hydrogens (tertiary/aromatic N) is 2. The summed E-state index contributed by atoms with van der Waals surface area (Å²) in [6.07, 6.45) is 0.691. The second kappa shape index (κ2) is 9.54. The van der Waals surface area contributed by atoms with Gasteiger partial charge in [0, 0.05) is 12.1 Å². The van der Waals surface area contributed by atoms with Gasteiger partial charge in [0.1, 0.15) is 24.7 Å². The smallest absolute Gasteiger partial charge is 0.295 e. The van der Waals surface area contributed by atoms with Crippen molar-refractivity contribution in [2.45, 2.75) is 12.5 Å². The number of hydrogen-bond acceptors (Lipinski definition) is 7. The van der Waals surface area contributed by atoms with E-state index >= 15 is 0 Å². The van der Waals surface area contributed by atoms with Crippen molar-refractivity contribution in [3.63, 3.8) is 0 Å². The summed E-state index contributed by atoms with van der Waals surface area (Å²) >= 11 is 0. The van der Waals surface area contributed by atoms with Gasteiger partial charge in [-0.15, -0.1) is 0 Å². The van der Waals surface area contributed by atoms with Crippen LogP contribution in [0.5, 0.6) is 17.2 Å². The van der Waals surface area contributed by atoms with Gasteiger partial charge in [0.25, 0.3) is 11.7 Å². The number of carbonyl (C=O) groups is 2. The van der Waals surface area contributed by atoms with E-state index in [0.717, 1.165) is 12.1 Å². The molecule has 0 aliphatic carbocycles. The number of carbonyl (C=O) groups excluding carboxylic acids is 2. The molecule has 2 heterocycles. The maximum Gasteiger partial charge on any atom is 0.295 e. The van der Waals surface area contributed by atoms with Crippen molar-refractivity contribution in [2.24, 2.45) is 0 Å². The van der Waals surface area contributed by atoms with Gasteiger partial charge in [-0.25, -0.2) is 0 Å². The summed E-state index contributed by atoms with van der Waals surface area (Å²) in [4.78, 5) is 29.7. The molecule has 1 amide bonds. The monoisotopic (exact) mass is 452 g/mol. The summed E-state index contributed by atoms with van der Waals surface area (Å²) in [5.74, 6) is 0.179. The average molecular weight is 453 g/mol. The molecule has 8 nitrogen and oxygen atoms in total. The molecule has 1 saturated heterocycles. The standard InChI is InChI=1S/C25H28N2O6/c1-26(2)11-4-12-27-22(16-5-8-18(31-3)9-6-16)21(24(29)25(27)30)23(28)17-7-10-19-20(15-17)33-14-13-32-19/h5-10,15,22,28H,4,11-14H2,1-3H3/b23-21-/t22-/m0/s1. The van der Waals surface area contributed by atoms with Crippen LogP contribution in [0.1, 0.15) is 23.6 Å². The SMILES string of the molecule is COc1ccc([C@H]2/C(=C(/O)c3ccc4c(c3)OCCO4)C(=O)C(=O)N2CCCN(C)C)cc1. The third kappa shape index (κ3) is 4.52. The predicted molar refractivity (Wildman–Crippen MR) is 123 cm³/mol. The molecule has 2 aliphatic heterocycles. The molecule has 0 saturated carbocycles. The fourth-order valence-electron chi connectivity index (χ4n) is 4.15. The number of benzene rings is 2. The van der Waals surface area contributed by atoms with E-state index in [0.29, 0.717) is 49.0 Å². The summed E-state index contributed by atoms with van der Waals surface area (Å²) in [5.41, 5.74) is 1.18. The highest BCUT2D eigenvalue weighted by molar-refractivity contribution is 6.46. The van der Waals surface area contributed by atoms with Gasteiger partial charge in [-0.1, -0.05) is 12.1 Å². The molecule has 0 spiro atoms. The molecule has 8 heteroatoms. The lowest BCUT2D eigenvalue weighted by molar-refractivity contribution is -0.139. The third-order valence-electron chi connectivity index (χ3n) is 5.79. The fraction of sp³-hybridized carbons (Fsp3) is 0.360. The molecule has 1 atom stereocenters. The molecule has 0 bridgehead atoms. The molecule has 33 heavy (non-hydrogen) atoms. The van der Waals surface area contributed by atoms with Gasteiger partial charge >= 0.3 is 0 Å². The third-order valence-corrected chi connectivity index (χ3v) is 5.79. The Morgan fingerprint density at radius 3 is 2.45 bits per heavy atom. The molecule has 2 aromatic carbocycles. The van der Waals surface area contributed by atoms with Gasteiger partial charge in [-0.2, -0.15) is 0 Å². The first-order valence-corrected chi connectivity index (χ1v) is 10.9. The number of fused-ring (bicyclic) bond motifs is 1. The van der Waals surface area contributed by atoms with Gasteiger partial charge in [-0.05, 0) is 63.0 Å². The molecule has 1 N–H and O–H groups in total. The predicted octanol–water partition coefficient (Wildman–Crippen LogP) is 2.84. The number of likely N-dealkylation sites (tertiary alicyclic amines) is 1. The van der Waals surface area contributed by atoms with Crippen LogP contribution in [0.2, 0.25) is 0 Å². The minimum absolute atomic E-state index is 0.0618. The van der Waals surface area contributed by atoms with Crippen LogP contribution in [-0.2, 0) is 9.59 Å². The number of aliphatic hydroxyl groups is 1. The van der Waals surface area contributed by atoms with Crippen LogP contribution in [0.3, 0.4) is 0 Å². The Bertz CT molecular complexity index is 1080. The topological polar surface area (TPSA) is 88.5 Å². The van der Waals surface area contributed by atoms with Crippen LogP contribution in [-0.4, -0.2) is 74.1 Å². The first-order chi connectivity index (χ1) is 15.9. The summed E-state index contributed by atoms with van der Waals surface area (Å²) in [6, 6.07) is 11.5. The lowest BCUT2D eigenvalue weighted by atomic mass is 9.95. The van der Waals surface area contributed by atoms with Crippen molar-refractivity contribution in [1.29, 1.82) is 0 Å². The van der Waals surface area contributed by atoms with E-state index in [1.165, 1.54) is 4.90 Å². The Hall–Kier alpha value is -3.52. The van der Waals surface area contributed by atoms with Gasteiger partial charge in [0.15, 0.2) is 11.5 Å². The Kier molecular flexibility index (Phi) is 6.55. The lowest BCUT2D eigenvalue weighted by Gasteiger charge is -2.26. The van der Waals surface area contributed by atoms with E-state index in [1.807, 2.05) is 31.1 Å². The summed E-state index contributed by atoms with van der Waals surface area (Å²) in [6.45, 7) is 2.01. The van der Waals surface area contributed by atoms with Crippen LogP contribution >= 0.6 is 0 Å². The summed E-state index contributed by atoms with van der Waals surface area (Å²) in [7, 11) is 5.48. The Balaban J connectivity index is 1.77. The summed E-state index contributed by atoms with van der Waals surface area (Å²) < 4.78 is 16.4. The van der Waals surface area contributed by atoms with Gasteiger partial charge in [-0.3, -0.25) is 9.59 Å². The number of rotatable bonds is 7. The van der Waals surface area contributed by atoms with Crippen molar-refractivity contribution >= 4 is 17.4 Å². The second-order valence-corrected chi connectivity index (χ2v) is 8.28. The number of methoxy groups -OCH3 is 1. The van der Waals surface area contributed by atoms with Crippen LogP contribution in [0.15, 0.2) is 48.0 Å². The van der Waals surface area contributed by atoms with Crippen molar-refractivity contribution in [3.05, 3.63) is 59.2 Å². The van der Waals surface area contributed by atoms with Crippen LogP contribution in [0.25, 0.3) is 5.76 Å². The molecule has 174 valence electrons. The second-order valence-electron chi connectivity index (χ2n) is 8.28. The first kappa shape index (κ1) is 22.7. The Morgan fingerprint density at radius 1 is 1.09 bits per heavy atom. The number of hydrogen-bond donors (Lipinski definition) is 1. The number of Topliss-reactive ketones (excluding diaryl/α,β-unsaturated/α-hetero) is 1. The molecule has 1 fully saturated rings. The molecule has 2 aliphatic rings. The summed E-state index contributed by atoms with van der Waals surface area (Å²) in [5, 5.41) is 11.2. The number of ketones is 1. The highest BCUT2D eigenvalue weighted by Gasteiger charge is 2.45. The minimum Gasteiger partial charge on any atom is -0.507 e. The van der Waals surface area contributed by atoms with Gasteiger partial charge < -0.3 is 29.1 Å². The van der Waals surface area contributed by atoms with E-state index < -0.39 is 17.7 Å². The van der Waals surface area contributed by atoms with E-state index in [4.69, 9.17) is 14.2 Å². The van der Waals surface area contributed by atoms with Crippen LogP contribution < -0.4 is 14.2 Å². The molecule has 0 radical (unpaired) electrons. The van der Waals surface area contributed by atoms with Gasteiger partial charge in [0.05, 0.1) is 18.7 Å². The molecular weight excluding hydrogens is 424 g/mol. The normalized spacial score (nSPS) is 19.3. The average Bonchev–Trinajstić information content (AvgIpc) is 3.08. The lowest BCUT2D eigenvalue weighted by Crippen LogP contribution is -2.32. The molecule has 2 aromatic rings. The maximum absolute atomic E-state index is 13.1. The van der Waals surface area contributed by atoms with Crippen LogP contribution in [0.4, 0.5) is 0 Å². The number of aliphatic hydroxyl groups excluding tert-OH is 1. The van der Waals surface area contributed by atoms with Crippen molar-refractivity contribution in [2.75, 3.05) is 47.5 Å². The quantitative estimate of drug-likeness (QED) is 0.393. The van der Waals surface area contributed by atoms with E-state index in [-0.39, 0.29) is 11.3 Å². The van der Waals surface area contributed by atoms with Crippen molar-refractivity contribution < 1.29 is 28.9 Å². The molecule has 0 unspecified atom stereocenters. The first-order valence-electron chi connectivity index (χ1n) is 10.9. The fourth-order valence-corrected chi connectivity index (χ4v) is 4.15. The van der Waals surface area contributed by atoms with E-state index in [1.54, 1.807) is 37.4 Å². The van der Waals surface area contributed by atoms with E-state index in [2.05, 4.69) is 0 Å². The maximum atomic E-state index is 13.1. The van der Waals surface area contributed by atoms with E-state index in [9.17, 15) is 14.7 Å². The number of amides is 1. The number of ether oxygens (including phenoxy) is 3. The van der Waals surface area contributed by atoms with Crippen molar-refractivity contribution in [3.8, 4) is 17.2 Å². The zero-order valence-corrected chi connectivity index (χ0v) is 19.0. The highest BCUT2D eigenvalue weighted by Crippen LogP contribution is 2.41. The minimum atomic E-state index is -0.703. The largest absolute Gasteiger partial charge is 0.507 e. The molecule has 0 aromatic heterocycles. The van der Waals surface area contributed by atoms with Crippen LogP contribution in [0, 0.1) is 0 Å². The zero-order valence-electron chi connectivity index (χ0n) is 19.0. The molecular formula is C25H28N2O6. The van der Waals surface area contributed by atoms with Gasteiger partial charge in [0.2, 0.25) is 0 Å².